The molecule has 0 amide bonds. The summed E-state index contributed by atoms with van der Waals surface area (Å²) in [5.74, 6) is -0.225. The molecule has 4 rings (SSSR count). The van der Waals surface area contributed by atoms with E-state index in [2.05, 4.69) is 9.88 Å². The van der Waals surface area contributed by atoms with Gasteiger partial charge in [-0.15, -0.1) is 0 Å². The Morgan fingerprint density at radius 1 is 1.00 bits per heavy atom. The molecule has 0 N–H and O–H groups in total. The Labute approximate surface area is 164 Å². The van der Waals surface area contributed by atoms with Gasteiger partial charge in [-0.3, -0.25) is 0 Å². The van der Waals surface area contributed by atoms with E-state index in [0.29, 0.717) is 18.2 Å². The van der Waals surface area contributed by atoms with Crippen molar-refractivity contribution in [1.29, 1.82) is 0 Å². The number of pyridine rings is 1. The van der Waals surface area contributed by atoms with Gasteiger partial charge >= 0.3 is 0 Å². The molecule has 6 heteroatoms. The number of rotatable bonds is 5. The second kappa shape index (κ2) is 7.97. The summed E-state index contributed by atoms with van der Waals surface area (Å²) in [6, 6.07) is 15.9. The van der Waals surface area contributed by atoms with Crippen LogP contribution in [0.1, 0.15) is 18.4 Å². The Bertz CT molecular complexity index is 1050. The van der Waals surface area contributed by atoms with Gasteiger partial charge in [0.25, 0.3) is 0 Å². The first kappa shape index (κ1) is 19.0. The van der Waals surface area contributed by atoms with Crippen LogP contribution in [0, 0.1) is 5.82 Å². The molecule has 28 heavy (non-hydrogen) atoms. The minimum atomic E-state index is -3.46. The van der Waals surface area contributed by atoms with Crippen LogP contribution in [-0.2, 0) is 16.3 Å². The number of piperidine rings is 1. The molecule has 1 aliphatic rings. The number of halogens is 1. The van der Waals surface area contributed by atoms with Crippen LogP contribution in [0.5, 0.6) is 0 Å². The molecule has 1 aliphatic heterocycles. The average Bonchev–Trinajstić information content (AvgIpc) is 2.73. The summed E-state index contributed by atoms with van der Waals surface area (Å²) in [5.41, 5.74) is 1.09. The number of nitrogens with zero attached hydrogens (tertiary/aromatic N) is 2. The lowest BCUT2D eigenvalue weighted by molar-refractivity contribution is 0.232. The van der Waals surface area contributed by atoms with Gasteiger partial charge in [0.05, 0.1) is 5.25 Å². The summed E-state index contributed by atoms with van der Waals surface area (Å²) in [6.07, 6.45) is 3.63. The minimum absolute atomic E-state index is 0.204. The second-order valence-electron chi connectivity index (χ2n) is 7.30. The Morgan fingerprint density at radius 2 is 1.71 bits per heavy atom. The highest BCUT2D eigenvalue weighted by atomic mass is 32.2. The number of fused-ring (bicyclic) bond motifs is 1. The third-order valence-electron chi connectivity index (χ3n) is 5.51. The first-order valence-corrected chi connectivity index (χ1v) is 11.1. The smallest absolute Gasteiger partial charge is 0.199 e. The summed E-state index contributed by atoms with van der Waals surface area (Å²) in [6.45, 7) is 2.34. The SMILES string of the molecule is O=S(=O)(c1nccc2ccccc12)C1CCN(CCc2ccc(F)cc2)CC1. The molecule has 0 bridgehead atoms. The standard InChI is InChI=1S/C22H23FN2O2S/c23-19-7-5-17(6-8-19)10-14-25-15-11-20(12-16-25)28(26,27)22-21-4-2-1-3-18(21)9-13-24-22/h1-9,13,20H,10-12,14-16H2. The van der Waals surface area contributed by atoms with Crippen molar-refractivity contribution in [3.05, 3.63) is 72.2 Å². The van der Waals surface area contributed by atoms with E-state index < -0.39 is 15.1 Å². The molecule has 0 unspecified atom stereocenters. The van der Waals surface area contributed by atoms with Crippen molar-refractivity contribution in [2.45, 2.75) is 29.5 Å². The topological polar surface area (TPSA) is 50.3 Å². The lowest BCUT2D eigenvalue weighted by Crippen LogP contribution is -2.40. The van der Waals surface area contributed by atoms with Gasteiger partial charge in [-0.1, -0.05) is 36.4 Å². The first-order valence-electron chi connectivity index (χ1n) is 9.58. The van der Waals surface area contributed by atoms with Gasteiger partial charge in [0.2, 0.25) is 0 Å². The summed E-state index contributed by atoms with van der Waals surface area (Å²) in [5, 5.41) is 1.40. The molecule has 2 aromatic carbocycles. The molecule has 0 atom stereocenters. The van der Waals surface area contributed by atoms with Crippen molar-refractivity contribution in [2.24, 2.45) is 0 Å². The van der Waals surface area contributed by atoms with Gasteiger partial charge in [-0.25, -0.2) is 17.8 Å². The average molecular weight is 399 g/mol. The lowest BCUT2D eigenvalue weighted by atomic mass is 10.1. The van der Waals surface area contributed by atoms with E-state index in [0.717, 1.165) is 37.0 Å². The van der Waals surface area contributed by atoms with Gasteiger partial charge in [0, 0.05) is 18.1 Å². The summed E-state index contributed by atoms with van der Waals surface area (Å²) in [7, 11) is -3.46. The van der Waals surface area contributed by atoms with Crippen LogP contribution >= 0.6 is 0 Å². The van der Waals surface area contributed by atoms with Gasteiger partial charge in [0.15, 0.2) is 14.9 Å². The van der Waals surface area contributed by atoms with Crippen LogP contribution < -0.4 is 0 Å². The summed E-state index contributed by atoms with van der Waals surface area (Å²) in [4.78, 5) is 6.51. The molecular weight excluding hydrogens is 375 g/mol. The number of hydrogen-bond donors (Lipinski definition) is 0. The van der Waals surface area contributed by atoms with Crippen molar-refractivity contribution in [3.8, 4) is 0 Å². The molecule has 3 aromatic rings. The monoisotopic (exact) mass is 398 g/mol. The van der Waals surface area contributed by atoms with Crippen LogP contribution in [0.15, 0.2) is 65.8 Å². The second-order valence-corrected chi connectivity index (χ2v) is 9.44. The fourth-order valence-electron chi connectivity index (χ4n) is 3.86. The molecule has 146 valence electrons. The number of hydrogen-bond acceptors (Lipinski definition) is 4. The third-order valence-corrected chi connectivity index (χ3v) is 7.72. The molecule has 0 spiro atoms. The predicted molar refractivity (Wildman–Crippen MR) is 108 cm³/mol. The number of sulfone groups is 1. The molecule has 0 aliphatic carbocycles. The van der Waals surface area contributed by atoms with Gasteiger partial charge in [-0.2, -0.15) is 0 Å². The number of aromatic nitrogens is 1. The number of likely N-dealkylation sites (tertiary alicyclic amines) is 1. The predicted octanol–water partition coefficient (Wildman–Crippen LogP) is 3.85. The van der Waals surface area contributed by atoms with E-state index in [-0.39, 0.29) is 10.8 Å². The van der Waals surface area contributed by atoms with E-state index in [9.17, 15) is 12.8 Å². The molecule has 4 nitrogen and oxygen atoms in total. The van der Waals surface area contributed by atoms with E-state index >= 15 is 0 Å². The normalized spacial score (nSPS) is 16.5. The molecule has 2 heterocycles. The highest BCUT2D eigenvalue weighted by Crippen LogP contribution is 2.28. The van der Waals surface area contributed by atoms with Crippen LogP contribution in [0.2, 0.25) is 0 Å². The Hall–Kier alpha value is -2.31. The zero-order valence-electron chi connectivity index (χ0n) is 15.6. The van der Waals surface area contributed by atoms with Crippen LogP contribution in [0.25, 0.3) is 10.8 Å². The Morgan fingerprint density at radius 3 is 2.46 bits per heavy atom. The quantitative estimate of drug-likeness (QED) is 0.655. The van der Waals surface area contributed by atoms with Crippen molar-refractivity contribution >= 4 is 20.6 Å². The molecule has 1 fully saturated rings. The first-order chi connectivity index (χ1) is 13.5. The van der Waals surface area contributed by atoms with Gasteiger partial charge in [0.1, 0.15) is 5.82 Å². The molecule has 1 aromatic heterocycles. The third kappa shape index (κ3) is 3.93. The summed E-state index contributed by atoms with van der Waals surface area (Å²) < 4.78 is 39.4. The zero-order chi connectivity index (χ0) is 19.6. The molecule has 1 saturated heterocycles. The van der Waals surface area contributed by atoms with E-state index in [4.69, 9.17) is 0 Å². The Kier molecular flexibility index (Phi) is 5.42. The maximum Gasteiger partial charge on any atom is 0.199 e. The largest absolute Gasteiger partial charge is 0.303 e. The zero-order valence-corrected chi connectivity index (χ0v) is 16.4. The molecular formula is C22H23FN2O2S. The minimum Gasteiger partial charge on any atom is -0.303 e. The fraction of sp³-hybridized carbons (Fsp3) is 0.318. The highest BCUT2D eigenvalue weighted by molar-refractivity contribution is 7.92. The van der Waals surface area contributed by atoms with Crippen molar-refractivity contribution in [3.63, 3.8) is 0 Å². The molecule has 0 saturated carbocycles. The van der Waals surface area contributed by atoms with E-state index in [1.54, 1.807) is 18.3 Å². The molecule has 0 radical (unpaired) electrons. The number of benzene rings is 2. The van der Waals surface area contributed by atoms with Crippen LogP contribution in [0.3, 0.4) is 0 Å². The Balaban J connectivity index is 1.42. The highest BCUT2D eigenvalue weighted by Gasteiger charge is 2.33. The lowest BCUT2D eigenvalue weighted by Gasteiger charge is -2.31. The maximum atomic E-state index is 13.2. The van der Waals surface area contributed by atoms with Crippen molar-refractivity contribution in [2.75, 3.05) is 19.6 Å². The van der Waals surface area contributed by atoms with Crippen molar-refractivity contribution < 1.29 is 12.8 Å². The van der Waals surface area contributed by atoms with Gasteiger partial charge in [-0.05, 0) is 61.5 Å². The summed E-state index contributed by atoms with van der Waals surface area (Å²) >= 11 is 0. The van der Waals surface area contributed by atoms with Gasteiger partial charge < -0.3 is 4.90 Å². The van der Waals surface area contributed by atoms with Crippen LogP contribution in [-0.4, -0.2) is 43.2 Å². The van der Waals surface area contributed by atoms with E-state index in [1.165, 1.54) is 12.1 Å². The fourth-order valence-corrected chi connectivity index (χ4v) is 5.71. The van der Waals surface area contributed by atoms with Crippen LogP contribution in [0.4, 0.5) is 4.39 Å². The van der Waals surface area contributed by atoms with E-state index in [1.807, 2.05) is 30.3 Å². The maximum absolute atomic E-state index is 13.2. The van der Waals surface area contributed by atoms with Crippen molar-refractivity contribution in [1.82, 2.24) is 9.88 Å².